The minimum Gasteiger partial charge on any atom is -0.373 e. The quantitative estimate of drug-likeness (QED) is 0.903. The topological polar surface area (TPSA) is 67.6 Å². The number of hydrogen-bond donors (Lipinski definition) is 1. The molecule has 1 amide bonds. The van der Waals surface area contributed by atoms with Crippen LogP contribution in [0.3, 0.4) is 0 Å². The van der Waals surface area contributed by atoms with Gasteiger partial charge < -0.3 is 14.6 Å². The van der Waals surface area contributed by atoms with E-state index in [1.165, 1.54) is 5.56 Å². The van der Waals surface area contributed by atoms with Gasteiger partial charge in [0.25, 0.3) is 5.91 Å². The van der Waals surface area contributed by atoms with E-state index in [1.54, 1.807) is 13.0 Å². The van der Waals surface area contributed by atoms with Crippen molar-refractivity contribution < 1.29 is 14.1 Å². The van der Waals surface area contributed by atoms with Crippen molar-refractivity contribution in [3.8, 4) is 0 Å². The first-order valence-corrected chi connectivity index (χ1v) is 8.67. The molecule has 1 aromatic carbocycles. The molecule has 6 heteroatoms. The standard InChI is InChI=1S/C19H25N3O3/c1-13-8-18(21-25-13)19(23)20-9-16-6-4-5-7-17(16)12-22-10-14(2)24-15(3)11-22/h4-8,14-15H,9-12H2,1-3H3,(H,20,23)/t14-,15-/m1/s1. The molecule has 0 radical (unpaired) electrons. The van der Waals surface area contributed by atoms with Crippen molar-refractivity contribution in [2.75, 3.05) is 13.1 Å². The highest BCUT2D eigenvalue weighted by Gasteiger charge is 2.22. The molecule has 3 rings (SSSR count). The molecule has 1 aliphatic heterocycles. The van der Waals surface area contributed by atoms with Crippen LogP contribution in [0.25, 0.3) is 0 Å². The number of nitrogens with one attached hydrogen (secondary N) is 1. The predicted molar refractivity (Wildman–Crippen MR) is 94.1 cm³/mol. The summed E-state index contributed by atoms with van der Waals surface area (Å²) in [5.41, 5.74) is 2.65. The molecule has 134 valence electrons. The van der Waals surface area contributed by atoms with Crippen LogP contribution in [-0.2, 0) is 17.8 Å². The molecule has 1 saturated heterocycles. The van der Waals surface area contributed by atoms with E-state index in [0.717, 1.165) is 25.2 Å². The van der Waals surface area contributed by atoms with E-state index in [-0.39, 0.29) is 18.1 Å². The van der Waals surface area contributed by atoms with Gasteiger partial charge in [-0.1, -0.05) is 29.4 Å². The Morgan fingerprint density at radius 3 is 2.56 bits per heavy atom. The van der Waals surface area contributed by atoms with Crippen LogP contribution in [0.4, 0.5) is 0 Å². The van der Waals surface area contributed by atoms with Gasteiger partial charge >= 0.3 is 0 Å². The number of aryl methyl sites for hydroxylation is 1. The van der Waals surface area contributed by atoms with Crippen molar-refractivity contribution in [1.82, 2.24) is 15.4 Å². The van der Waals surface area contributed by atoms with E-state index in [0.29, 0.717) is 18.0 Å². The summed E-state index contributed by atoms with van der Waals surface area (Å²) in [4.78, 5) is 14.6. The largest absolute Gasteiger partial charge is 0.373 e. The monoisotopic (exact) mass is 343 g/mol. The predicted octanol–water partition coefficient (Wildman–Crippen LogP) is 2.52. The molecule has 0 aliphatic carbocycles. The molecule has 1 aliphatic rings. The maximum atomic E-state index is 12.2. The fourth-order valence-electron chi connectivity index (χ4n) is 3.28. The molecule has 2 aromatic rings. The van der Waals surface area contributed by atoms with Gasteiger partial charge in [-0.15, -0.1) is 0 Å². The lowest BCUT2D eigenvalue weighted by Crippen LogP contribution is -2.45. The zero-order valence-corrected chi connectivity index (χ0v) is 15.0. The van der Waals surface area contributed by atoms with E-state index >= 15 is 0 Å². The Hall–Kier alpha value is -2.18. The molecule has 6 nitrogen and oxygen atoms in total. The average Bonchev–Trinajstić information content (AvgIpc) is 2.99. The third-order valence-electron chi connectivity index (χ3n) is 4.31. The van der Waals surface area contributed by atoms with Crippen LogP contribution >= 0.6 is 0 Å². The maximum Gasteiger partial charge on any atom is 0.273 e. The Morgan fingerprint density at radius 2 is 1.92 bits per heavy atom. The first kappa shape index (κ1) is 17.6. The van der Waals surface area contributed by atoms with Gasteiger partial charge in [-0.05, 0) is 31.9 Å². The summed E-state index contributed by atoms with van der Waals surface area (Å²) < 4.78 is 10.8. The summed E-state index contributed by atoms with van der Waals surface area (Å²) in [7, 11) is 0. The van der Waals surface area contributed by atoms with Crippen LogP contribution in [0.1, 0.15) is 41.2 Å². The number of nitrogens with zero attached hydrogens (tertiary/aromatic N) is 2. The number of ether oxygens (including phenoxy) is 1. The van der Waals surface area contributed by atoms with E-state index in [9.17, 15) is 4.79 Å². The van der Waals surface area contributed by atoms with Crippen LogP contribution in [0.2, 0.25) is 0 Å². The van der Waals surface area contributed by atoms with Gasteiger partial charge in [0.05, 0.1) is 12.2 Å². The third kappa shape index (κ3) is 4.67. The lowest BCUT2D eigenvalue weighted by atomic mass is 10.1. The van der Waals surface area contributed by atoms with Gasteiger partial charge in [0.1, 0.15) is 5.76 Å². The lowest BCUT2D eigenvalue weighted by Gasteiger charge is -2.35. The Labute approximate surface area is 148 Å². The summed E-state index contributed by atoms with van der Waals surface area (Å²) in [5.74, 6) is 0.404. The zero-order chi connectivity index (χ0) is 17.8. The molecule has 1 N–H and O–H groups in total. The van der Waals surface area contributed by atoms with Crippen LogP contribution < -0.4 is 5.32 Å². The second kappa shape index (κ2) is 7.80. The molecule has 25 heavy (non-hydrogen) atoms. The summed E-state index contributed by atoms with van der Waals surface area (Å²) in [6, 6.07) is 9.84. The molecule has 0 spiro atoms. The highest BCUT2D eigenvalue weighted by molar-refractivity contribution is 5.92. The summed E-state index contributed by atoms with van der Waals surface area (Å²) in [6.45, 7) is 9.14. The molecule has 1 fully saturated rings. The Kier molecular flexibility index (Phi) is 5.50. The van der Waals surface area contributed by atoms with Gasteiger partial charge in [-0.25, -0.2) is 0 Å². The minimum atomic E-state index is -0.222. The van der Waals surface area contributed by atoms with Crippen LogP contribution in [0, 0.1) is 6.92 Å². The average molecular weight is 343 g/mol. The van der Waals surface area contributed by atoms with E-state index in [4.69, 9.17) is 9.26 Å². The van der Waals surface area contributed by atoms with E-state index in [1.807, 2.05) is 12.1 Å². The van der Waals surface area contributed by atoms with E-state index < -0.39 is 0 Å². The molecule has 0 bridgehead atoms. The third-order valence-corrected chi connectivity index (χ3v) is 4.31. The molecular formula is C19H25N3O3. The lowest BCUT2D eigenvalue weighted by molar-refractivity contribution is -0.0705. The smallest absolute Gasteiger partial charge is 0.273 e. The number of carbonyl (C=O) groups is 1. The zero-order valence-electron chi connectivity index (χ0n) is 15.0. The first-order chi connectivity index (χ1) is 12.0. The Bertz CT molecular complexity index is 718. The van der Waals surface area contributed by atoms with E-state index in [2.05, 4.69) is 41.4 Å². The second-order valence-corrected chi connectivity index (χ2v) is 6.73. The number of benzene rings is 1. The Balaban J connectivity index is 1.63. The molecule has 2 heterocycles. The van der Waals surface area contributed by atoms with Gasteiger partial charge in [0, 0.05) is 32.2 Å². The van der Waals surface area contributed by atoms with Crippen molar-refractivity contribution in [3.05, 3.63) is 52.9 Å². The highest BCUT2D eigenvalue weighted by Crippen LogP contribution is 2.17. The fourth-order valence-corrected chi connectivity index (χ4v) is 3.28. The maximum absolute atomic E-state index is 12.2. The summed E-state index contributed by atoms with van der Waals surface area (Å²) in [5, 5.41) is 6.67. The number of aromatic nitrogens is 1. The highest BCUT2D eigenvalue weighted by atomic mass is 16.5. The van der Waals surface area contributed by atoms with Gasteiger partial charge in [-0.3, -0.25) is 9.69 Å². The molecule has 0 saturated carbocycles. The van der Waals surface area contributed by atoms with Gasteiger partial charge in [0.15, 0.2) is 5.69 Å². The first-order valence-electron chi connectivity index (χ1n) is 8.67. The molecule has 0 unspecified atom stereocenters. The van der Waals surface area contributed by atoms with Crippen molar-refractivity contribution >= 4 is 5.91 Å². The summed E-state index contributed by atoms with van der Waals surface area (Å²) >= 11 is 0. The SMILES string of the molecule is Cc1cc(C(=O)NCc2ccccc2CN2C[C@@H](C)O[C@H](C)C2)no1. The van der Waals surface area contributed by atoms with Crippen molar-refractivity contribution in [2.45, 2.75) is 46.1 Å². The second-order valence-electron chi connectivity index (χ2n) is 6.73. The number of rotatable bonds is 5. The molecular weight excluding hydrogens is 318 g/mol. The van der Waals surface area contributed by atoms with Crippen LogP contribution in [-0.4, -0.2) is 41.3 Å². The number of amides is 1. The number of carbonyl (C=O) groups excluding carboxylic acids is 1. The van der Waals surface area contributed by atoms with Gasteiger partial charge in [-0.2, -0.15) is 0 Å². The van der Waals surface area contributed by atoms with Crippen LogP contribution in [0.15, 0.2) is 34.9 Å². The minimum absolute atomic E-state index is 0.222. The van der Waals surface area contributed by atoms with Crippen molar-refractivity contribution in [2.24, 2.45) is 0 Å². The fraction of sp³-hybridized carbons (Fsp3) is 0.474. The number of hydrogen-bond acceptors (Lipinski definition) is 5. The number of morpholine rings is 1. The van der Waals surface area contributed by atoms with Crippen LogP contribution in [0.5, 0.6) is 0 Å². The molecule has 2 atom stereocenters. The van der Waals surface area contributed by atoms with Crippen molar-refractivity contribution in [1.29, 1.82) is 0 Å². The van der Waals surface area contributed by atoms with Crippen molar-refractivity contribution in [3.63, 3.8) is 0 Å². The normalized spacial score (nSPS) is 21.2. The Morgan fingerprint density at radius 1 is 1.24 bits per heavy atom. The van der Waals surface area contributed by atoms with Gasteiger partial charge in [0.2, 0.25) is 0 Å². The molecule has 1 aromatic heterocycles. The summed E-state index contributed by atoms with van der Waals surface area (Å²) in [6.07, 6.45) is 0.483.